The highest BCUT2D eigenvalue weighted by molar-refractivity contribution is 7.99. The highest BCUT2D eigenvalue weighted by Gasteiger charge is 2.32. The zero-order chi connectivity index (χ0) is 15.4. The summed E-state index contributed by atoms with van der Waals surface area (Å²) in [6.07, 6.45) is 5.41. The fourth-order valence-electron chi connectivity index (χ4n) is 1.99. The van der Waals surface area contributed by atoms with Crippen molar-refractivity contribution in [2.24, 2.45) is 5.92 Å². The van der Waals surface area contributed by atoms with Gasteiger partial charge < -0.3 is 10.1 Å². The first-order valence-corrected chi connectivity index (χ1v) is 9.03. The molecule has 0 saturated heterocycles. The Kier molecular flexibility index (Phi) is 11.3. The fraction of sp³-hybridized carbons (Fsp3) is 0.938. The van der Waals surface area contributed by atoms with Crippen LogP contribution in [-0.4, -0.2) is 36.7 Å². The second-order valence-corrected chi connectivity index (χ2v) is 7.23. The van der Waals surface area contributed by atoms with Gasteiger partial charge in [-0.1, -0.05) is 27.2 Å². The van der Waals surface area contributed by atoms with E-state index in [2.05, 4.69) is 26.1 Å². The summed E-state index contributed by atoms with van der Waals surface area (Å²) in [5.41, 5.74) is -0.520. The van der Waals surface area contributed by atoms with Gasteiger partial charge >= 0.3 is 5.97 Å². The van der Waals surface area contributed by atoms with Crippen LogP contribution in [0.25, 0.3) is 0 Å². The Hall–Kier alpha value is -0.220. The summed E-state index contributed by atoms with van der Waals surface area (Å²) < 4.78 is 4.93. The van der Waals surface area contributed by atoms with E-state index in [9.17, 15) is 4.79 Å². The van der Waals surface area contributed by atoms with Crippen molar-refractivity contribution < 1.29 is 9.53 Å². The third-order valence-electron chi connectivity index (χ3n) is 3.46. The molecule has 0 spiro atoms. The summed E-state index contributed by atoms with van der Waals surface area (Å²) in [6.45, 7) is 9.45. The molecule has 0 aromatic rings. The molecular weight excluding hydrogens is 270 g/mol. The molecule has 1 N–H and O–H groups in total. The van der Waals surface area contributed by atoms with E-state index in [0.29, 0.717) is 0 Å². The average molecular weight is 304 g/mol. The normalized spacial score (nSPS) is 14.3. The topological polar surface area (TPSA) is 38.3 Å². The predicted octanol–water partition coefficient (Wildman–Crippen LogP) is 3.87. The molecule has 0 fully saturated rings. The minimum Gasteiger partial charge on any atom is -0.468 e. The van der Waals surface area contributed by atoms with E-state index in [1.54, 1.807) is 0 Å². The SMILES string of the molecule is CCCNC(C)(CCCCSCCC(C)C)C(=O)OC. The summed E-state index contributed by atoms with van der Waals surface area (Å²) in [7, 11) is 1.47. The first-order chi connectivity index (χ1) is 9.46. The number of nitrogens with one attached hydrogen (secondary N) is 1. The molecule has 0 radical (unpaired) electrons. The lowest BCUT2D eigenvalue weighted by Gasteiger charge is -2.28. The Balaban J connectivity index is 3.88. The van der Waals surface area contributed by atoms with Crippen molar-refractivity contribution in [2.75, 3.05) is 25.2 Å². The fourth-order valence-corrected chi connectivity index (χ4v) is 3.24. The van der Waals surface area contributed by atoms with Gasteiger partial charge in [-0.2, -0.15) is 11.8 Å². The minimum atomic E-state index is -0.520. The van der Waals surface area contributed by atoms with Crippen molar-refractivity contribution in [2.45, 2.75) is 65.3 Å². The summed E-state index contributed by atoms with van der Waals surface area (Å²) in [5.74, 6) is 3.10. The number of rotatable bonds is 12. The van der Waals surface area contributed by atoms with Crippen LogP contribution in [0.5, 0.6) is 0 Å². The number of ether oxygens (including phenoxy) is 1. The molecule has 3 nitrogen and oxygen atoms in total. The van der Waals surface area contributed by atoms with E-state index in [4.69, 9.17) is 4.74 Å². The number of esters is 1. The van der Waals surface area contributed by atoms with Crippen LogP contribution in [0.15, 0.2) is 0 Å². The van der Waals surface area contributed by atoms with E-state index in [1.807, 2.05) is 18.7 Å². The predicted molar refractivity (Wildman–Crippen MR) is 89.3 cm³/mol. The highest BCUT2D eigenvalue weighted by Crippen LogP contribution is 2.18. The third kappa shape index (κ3) is 8.85. The molecule has 0 amide bonds. The second-order valence-electron chi connectivity index (χ2n) is 6.00. The van der Waals surface area contributed by atoms with Gasteiger partial charge in [0.05, 0.1) is 7.11 Å². The van der Waals surface area contributed by atoms with Gasteiger partial charge in [0.15, 0.2) is 0 Å². The molecule has 0 heterocycles. The zero-order valence-corrected chi connectivity index (χ0v) is 14.8. The second kappa shape index (κ2) is 11.4. The maximum absolute atomic E-state index is 11.9. The quantitative estimate of drug-likeness (QED) is 0.439. The molecule has 20 heavy (non-hydrogen) atoms. The van der Waals surface area contributed by atoms with Crippen molar-refractivity contribution in [3.05, 3.63) is 0 Å². The number of hydrogen-bond donors (Lipinski definition) is 1. The lowest BCUT2D eigenvalue weighted by molar-refractivity contribution is -0.148. The summed E-state index contributed by atoms with van der Waals surface area (Å²) in [4.78, 5) is 11.9. The van der Waals surface area contributed by atoms with E-state index < -0.39 is 5.54 Å². The molecule has 0 aliphatic heterocycles. The van der Waals surface area contributed by atoms with Gasteiger partial charge in [0.25, 0.3) is 0 Å². The van der Waals surface area contributed by atoms with E-state index in [0.717, 1.165) is 31.7 Å². The van der Waals surface area contributed by atoms with Crippen LogP contribution >= 0.6 is 11.8 Å². The standard InChI is InChI=1S/C16H33NO2S/c1-6-11-17-16(4,15(18)19-5)10-7-8-12-20-13-9-14(2)3/h14,17H,6-13H2,1-5H3. The first-order valence-electron chi connectivity index (χ1n) is 7.87. The van der Waals surface area contributed by atoms with E-state index >= 15 is 0 Å². The summed E-state index contributed by atoms with van der Waals surface area (Å²) >= 11 is 2.03. The number of unbranched alkanes of at least 4 members (excludes halogenated alkanes) is 1. The van der Waals surface area contributed by atoms with Crippen LogP contribution in [0.3, 0.4) is 0 Å². The van der Waals surface area contributed by atoms with Crippen LogP contribution < -0.4 is 5.32 Å². The van der Waals surface area contributed by atoms with Gasteiger partial charge in [-0.3, -0.25) is 4.79 Å². The van der Waals surface area contributed by atoms with Crippen LogP contribution in [0.1, 0.15) is 59.8 Å². The van der Waals surface area contributed by atoms with Gasteiger partial charge in [0.2, 0.25) is 0 Å². The molecule has 1 atom stereocenters. The Bertz CT molecular complexity index is 259. The molecule has 4 heteroatoms. The van der Waals surface area contributed by atoms with Crippen LogP contribution in [0.2, 0.25) is 0 Å². The molecule has 0 bridgehead atoms. The maximum Gasteiger partial charge on any atom is 0.325 e. The van der Waals surface area contributed by atoms with Crippen molar-refractivity contribution in [1.29, 1.82) is 0 Å². The maximum atomic E-state index is 11.9. The van der Waals surface area contributed by atoms with Crippen molar-refractivity contribution in [3.8, 4) is 0 Å². The van der Waals surface area contributed by atoms with Gasteiger partial charge in [-0.05, 0) is 56.6 Å². The van der Waals surface area contributed by atoms with E-state index in [-0.39, 0.29) is 5.97 Å². The zero-order valence-electron chi connectivity index (χ0n) is 14.0. The Labute approximate surface area is 129 Å². The van der Waals surface area contributed by atoms with Crippen molar-refractivity contribution >= 4 is 17.7 Å². The molecule has 0 aromatic carbocycles. The van der Waals surface area contributed by atoms with Crippen molar-refractivity contribution in [1.82, 2.24) is 5.32 Å². The first kappa shape index (κ1) is 19.8. The van der Waals surface area contributed by atoms with Gasteiger partial charge in [0, 0.05) is 0 Å². The molecule has 0 saturated carbocycles. The Morgan fingerprint density at radius 3 is 2.55 bits per heavy atom. The van der Waals surface area contributed by atoms with Crippen LogP contribution in [-0.2, 0) is 9.53 Å². The molecule has 120 valence electrons. The smallest absolute Gasteiger partial charge is 0.325 e. The Morgan fingerprint density at radius 2 is 2.00 bits per heavy atom. The van der Waals surface area contributed by atoms with Crippen LogP contribution in [0, 0.1) is 5.92 Å². The average Bonchev–Trinajstić information content (AvgIpc) is 2.42. The summed E-state index contributed by atoms with van der Waals surface area (Å²) in [6, 6.07) is 0. The van der Waals surface area contributed by atoms with E-state index in [1.165, 1.54) is 31.5 Å². The molecule has 0 rings (SSSR count). The number of thioether (sulfide) groups is 1. The minimum absolute atomic E-state index is 0.140. The molecular formula is C16H33NO2S. The summed E-state index contributed by atoms with van der Waals surface area (Å²) in [5, 5.41) is 3.33. The lowest BCUT2D eigenvalue weighted by Crippen LogP contribution is -2.50. The largest absolute Gasteiger partial charge is 0.468 e. The molecule has 0 aromatic heterocycles. The highest BCUT2D eigenvalue weighted by atomic mass is 32.2. The van der Waals surface area contributed by atoms with Gasteiger partial charge in [-0.15, -0.1) is 0 Å². The molecule has 0 aliphatic rings. The van der Waals surface area contributed by atoms with Gasteiger partial charge in [0.1, 0.15) is 5.54 Å². The molecule has 1 unspecified atom stereocenters. The lowest BCUT2D eigenvalue weighted by atomic mass is 9.95. The van der Waals surface area contributed by atoms with Gasteiger partial charge in [-0.25, -0.2) is 0 Å². The molecule has 0 aliphatic carbocycles. The van der Waals surface area contributed by atoms with Crippen LogP contribution in [0.4, 0.5) is 0 Å². The van der Waals surface area contributed by atoms with Crippen molar-refractivity contribution in [3.63, 3.8) is 0 Å². The number of carbonyl (C=O) groups is 1. The number of hydrogen-bond acceptors (Lipinski definition) is 4. The number of carbonyl (C=O) groups excluding carboxylic acids is 1. The monoisotopic (exact) mass is 303 g/mol. The third-order valence-corrected chi connectivity index (χ3v) is 4.56. The number of methoxy groups -OCH3 is 1. The Morgan fingerprint density at radius 1 is 1.30 bits per heavy atom.